The highest BCUT2D eigenvalue weighted by Crippen LogP contribution is 2.44. The second-order valence-electron chi connectivity index (χ2n) is 6.79. The molecule has 7 heteroatoms. The Bertz CT molecular complexity index is 881. The van der Waals surface area contributed by atoms with Crippen molar-refractivity contribution in [2.75, 3.05) is 18.0 Å². The highest BCUT2D eigenvalue weighted by molar-refractivity contribution is 5.79. The molecule has 2 aromatic rings. The number of carbonyl (C=O) groups excluding carboxylic acids is 1. The van der Waals surface area contributed by atoms with Crippen LogP contribution in [0, 0.1) is 11.3 Å². The van der Waals surface area contributed by atoms with Crippen molar-refractivity contribution in [3.8, 4) is 6.07 Å². The van der Waals surface area contributed by atoms with Gasteiger partial charge in [0, 0.05) is 42.6 Å². The minimum absolute atomic E-state index is 0.0940. The van der Waals surface area contributed by atoms with Crippen molar-refractivity contribution in [3.63, 3.8) is 0 Å². The molecular formula is C21H24N6O. The van der Waals surface area contributed by atoms with Gasteiger partial charge in [0.2, 0.25) is 5.91 Å². The third kappa shape index (κ3) is 4.53. The lowest BCUT2D eigenvalue weighted by atomic mass is 10.1. The molecule has 0 spiro atoms. The van der Waals surface area contributed by atoms with Crippen LogP contribution in [-0.4, -0.2) is 29.0 Å². The molecule has 0 atom stereocenters. The van der Waals surface area contributed by atoms with E-state index in [9.17, 15) is 4.79 Å². The van der Waals surface area contributed by atoms with E-state index in [1.165, 1.54) is 5.56 Å². The molecule has 144 valence electrons. The molecule has 0 radical (unpaired) electrons. The Morgan fingerprint density at radius 3 is 2.64 bits per heavy atom. The zero-order valence-corrected chi connectivity index (χ0v) is 16.1. The molecule has 1 aliphatic rings. The van der Waals surface area contributed by atoms with Crippen molar-refractivity contribution in [1.29, 1.82) is 5.26 Å². The Kier molecular flexibility index (Phi) is 6.02. The summed E-state index contributed by atoms with van der Waals surface area (Å²) in [5, 5.41) is 15.1. The van der Waals surface area contributed by atoms with Gasteiger partial charge in [-0.15, -0.1) is 0 Å². The number of amides is 1. The van der Waals surface area contributed by atoms with Gasteiger partial charge in [0.05, 0.1) is 12.1 Å². The van der Waals surface area contributed by atoms with Crippen LogP contribution in [0.4, 0.5) is 5.82 Å². The number of pyridine rings is 2. The molecule has 1 fully saturated rings. The standard InChI is InChI=1S/C21H24N6O/c1-3-27(19-5-4-17(12-22)14-24-19)16(2)13-25-20(28)15-26-21(8-9-21)18-6-10-23-11-7-18/h4-7,10-11,13-14,26H,3,8-9,15H2,1-2H3,(H,25,28)/b16-13+. The first-order valence-corrected chi connectivity index (χ1v) is 9.33. The first-order chi connectivity index (χ1) is 13.6. The molecule has 0 bridgehead atoms. The Labute approximate surface area is 165 Å². The highest BCUT2D eigenvalue weighted by atomic mass is 16.1. The Hall–Kier alpha value is -3.24. The molecule has 1 amide bonds. The Balaban J connectivity index is 1.56. The van der Waals surface area contributed by atoms with Crippen molar-refractivity contribution in [3.05, 3.63) is 65.9 Å². The van der Waals surface area contributed by atoms with E-state index in [2.05, 4.69) is 26.7 Å². The number of hydrogen-bond donors (Lipinski definition) is 2. The molecule has 1 aliphatic carbocycles. The summed E-state index contributed by atoms with van der Waals surface area (Å²) in [5.41, 5.74) is 2.46. The van der Waals surface area contributed by atoms with Crippen LogP contribution in [0.3, 0.4) is 0 Å². The first-order valence-electron chi connectivity index (χ1n) is 9.33. The summed E-state index contributed by atoms with van der Waals surface area (Å²) < 4.78 is 0. The minimum atomic E-state index is -0.0963. The number of rotatable bonds is 8. The van der Waals surface area contributed by atoms with Gasteiger partial charge in [-0.25, -0.2) is 4.98 Å². The van der Waals surface area contributed by atoms with Gasteiger partial charge < -0.3 is 10.2 Å². The maximum atomic E-state index is 12.3. The van der Waals surface area contributed by atoms with Crippen LogP contribution >= 0.6 is 0 Å². The number of nitrogens with one attached hydrogen (secondary N) is 2. The summed E-state index contributed by atoms with van der Waals surface area (Å²) >= 11 is 0. The largest absolute Gasteiger partial charge is 0.330 e. The number of anilines is 1. The normalized spacial score (nSPS) is 14.8. The van der Waals surface area contributed by atoms with E-state index in [0.717, 1.165) is 24.4 Å². The van der Waals surface area contributed by atoms with Gasteiger partial charge in [-0.2, -0.15) is 5.26 Å². The van der Waals surface area contributed by atoms with Gasteiger partial charge in [-0.05, 0) is 56.5 Å². The Morgan fingerprint density at radius 2 is 2.07 bits per heavy atom. The number of nitriles is 1. The summed E-state index contributed by atoms with van der Waals surface area (Å²) in [6.45, 7) is 4.86. The second kappa shape index (κ2) is 8.63. The third-order valence-corrected chi connectivity index (χ3v) is 4.91. The maximum absolute atomic E-state index is 12.3. The molecule has 0 aliphatic heterocycles. The average molecular weight is 376 g/mol. The van der Waals surface area contributed by atoms with E-state index in [1.54, 1.807) is 36.9 Å². The predicted molar refractivity (Wildman–Crippen MR) is 107 cm³/mol. The van der Waals surface area contributed by atoms with Gasteiger partial charge >= 0.3 is 0 Å². The van der Waals surface area contributed by atoms with Crippen LogP contribution in [0.2, 0.25) is 0 Å². The first kappa shape index (κ1) is 19.5. The number of aromatic nitrogens is 2. The van der Waals surface area contributed by atoms with Crippen LogP contribution in [0.25, 0.3) is 0 Å². The molecule has 28 heavy (non-hydrogen) atoms. The van der Waals surface area contributed by atoms with Crippen LogP contribution in [0.15, 0.2) is 54.8 Å². The zero-order valence-electron chi connectivity index (χ0n) is 16.1. The lowest BCUT2D eigenvalue weighted by Gasteiger charge is -2.22. The highest BCUT2D eigenvalue weighted by Gasteiger charge is 2.43. The number of hydrogen-bond acceptors (Lipinski definition) is 6. The molecule has 0 unspecified atom stereocenters. The van der Waals surface area contributed by atoms with Gasteiger partial charge in [-0.1, -0.05) is 0 Å². The number of carbonyl (C=O) groups is 1. The molecule has 0 saturated heterocycles. The topological polar surface area (TPSA) is 93.9 Å². The number of allylic oxidation sites excluding steroid dienone is 1. The smallest absolute Gasteiger partial charge is 0.237 e. The fourth-order valence-electron chi connectivity index (χ4n) is 3.13. The molecule has 2 aromatic heterocycles. The lowest BCUT2D eigenvalue weighted by molar-refractivity contribution is -0.119. The molecule has 2 N–H and O–H groups in total. The Morgan fingerprint density at radius 1 is 1.32 bits per heavy atom. The van der Waals surface area contributed by atoms with Crippen molar-refractivity contribution < 1.29 is 4.79 Å². The summed E-state index contributed by atoms with van der Waals surface area (Å²) in [7, 11) is 0. The van der Waals surface area contributed by atoms with Gasteiger partial charge in [0.25, 0.3) is 0 Å². The van der Waals surface area contributed by atoms with Crippen molar-refractivity contribution in [1.82, 2.24) is 20.6 Å². The lowest BCUT2D eigenvalue weighted by Crippen LogP contribution is -2.38. The quantitative estimate of drug-likeness (QED) is 0.735. The molecule has 0 aromatic carbocycles. The van der Waals surface area contributed by atoms with Crippen LogP contribution in [0.1, 0.15) is 37.8 Å². The number of nitrogens with zero attached hydrogens (tertiary/aromatic N) is 4. The van der Waals surface area contributed by atoms with E-state index in [-0.39, 0.29) is 18.0 Å². The average Bonchev–Trinajstić information content (AvgIpc) is 3.54. The second-order valence-corrected chi connectivity index (χ2v) is 6.79. The van der Waals surface area contributed by atoms with E-state index in [4.69, 9.17) is 5.26 Å². The minimum Gasteiger partial charge on any atom is -0.330 e. The fourth-order valence-corrected chi connectivity index (χ4v) is 3.13. The van der Waals surface area contributed by atoms with Crippen LogP contribution < -0.4 is 15.5 Å². The monoisotopic (exact) mass is 376 g/mol. The summed E-state index contributed by atoms with van der Waals surface area (Å²) in [6, 6.07) is 9.57. The van der Waals surface area contributed by atoms with Gasteiger partial charge in [0.15, 0.2) is 0 Å². The molecule has 3 rings (SSSR count). The predicted octanol–water partition coefficient (Wildman–Crippen LogP) is 2.43. The van der Waals surface area contributed by atoms with E-state index < -0.39 is 0 Å². The summed E-state index contributed by atoms with van der Waals surface area (Å²) in [5.74, 6) is 0.640. The third-order valence-electron chi connectivity index (χ3n) is 4.91. The van der Waals surface area contributed by atoms with E-state index >= 15 is 0 Å². The molecular weight excluding hydrogens is 352 g/mol. The van der Waals surface area contributed by atoms with Gasteiger partial charge in [0.1, 0.15) is 11.9 Å². The maximum Gasteiger partial charge on any atom is 0.237 e. The molecule has 7 nitrogen and oxygen atoms in total. The summed E-state index contributed by atoms with van der Waals surface area (Å²) in [6.07, 6.45) is 8.83. The SMILES string of the molecule is CCN(/C(C)=C/NC(=O)CNC1(c2ccncc2)CC1)c1ccc(C#N)cn1. The van der Waals surface area contributed by atoms with E-state index in [1.807, 2.05) is 30.9 Å². The van der Waals surface area contributed by atoms with Crippen molar-refractivity contribution in [2.45, 2.75) is 32.2 Å². The fraction of sp³-hybridized carbons (Fsp3) is 0.333. The molecule has 1 saturated carbocycles. The molecule has 2 heterocycles. The van der Waals surface area contributed by atoms with Crippen molar-refractivity contribution >= 4 is 11.7 Å². The summed E-state index contributed by atoms with van der Waals surface area (Å²) in [4.78, 5) is 22.6. The van der Waals surface area contributed by atoms with Crippen LogP contribution in [-0.2, 0) is 10.3 Å². The van der Waals surface area contributed by atoms with Crippen LogP contribution in [0.5, 0.6) is 0 Å². The van der Waals surface area contributed by atoms with Crippen molar-refractivity contribution in [2.24, 2.45) is 0 Å². The van der Waals surface area contributed by atoms with Gasteiger partial charge in [-0.3, -0.25) is 15.1 Å². The zero-order chi connectivity index (χ0) is 20.0. The van der Waals surface area contributed by atoms with E-state index in [0.29, 0.717) is 12.1 Å².